The molecule has 0 saturated carbocycles. The Balaban J connectivity index is 2.63. The molecule has 0 aromatic heterocycles. The molecule has 0 spiro atoms. The van der Waals surface area contributed by atoms with Crippen LogP contribution in [0.4, 0.5) is 0 Å². The second-order valence-corrected chi connectivity index (χ2v) is 5.11. The van der Waals surface area contributed by atoms with Crippen molar-refractivity contribution in [1.82, 2.24) is 0 Å². The summed E-state index contributed by atoms with van der Waals surface area (Å²) in [7, 11) is 9.32. The minimum Gasteiger partial charge on any atom is -0.493 e. The topological polar surface area (TPSA) is 67.7 Å². The molecule has 0 N–H and O–H groups in total. The summed E-state index contributed by atoms with van der Waals surface area (Å²) in [6.45, 7) is 0. The van der Waals surface area contributed by atoms with Gasteiger partial charge in [-0.1, -0.05) is 5.16 Å². The van der Waals surface area contributed by atoms with E-state index in [1.807, 2.05) is 12.1 Å². The van der Waals surface area contributed by atoms with Gasteiger partial charge in [-0.3, -0.25) is 0 Å². The average molecular weight is 361 g/mol. The summed E-state index contributed by atoms with van der Waals surface area (Å²) in [5.74, 6) is 2.75. The standard InChI is InChI=1S/C19H23NO6/c1-21-14-8-7-12(9-15(14)22-2)18(20-26-6)13-10-16(23-3)19(25-5)17(11-13)24-4/h7-11H,1-6H3/b20-18+. The Morgan fingerprint density at radius 3 is 1.62 bits per heavy atom. The summed E-state index contributed by atoms with van der Waals surface area (Å²) < 4.78 is 26.9. The van der Waals surface area contributed by atoms with Crippen molar-refractivity contribution in [2.24, 2.45) is 5.16 Å². The highest BCUT2D eigenvalue weighted by atomic mass is 16.6. The number of oxime groups is 1. The number of methoxy groups -OCH3 is 5. The first-order valence-electron chi connectivity index (χ1n) is 7.77. The Labute approximate surface area is 153 Å². The van der Waals surface area contributed by atoms with E-state index >= 15 is 0 Å². The first kappa shape index (κ1) is 19.2. The van der Waals surface area contributed by atoms with Crippen molar-refractivity contribution >= 4 is 5.71 Å². The van der Waals surface area contributed by atoms with Crippen LogP contribution < -0.4 is 23.7 Å². The molecule has 2 rings (SSSR count). The van der Waals surface area contributed by atoms with Gasteiger partial charge in [-0.2, -0.15) is 0 Å². The van der Waals surface area contributed by atoms with E-state index < -0.39 is 0 Å². The molecule has 0 amide bonds. The van der Waals surface area contributed by atoms with E-state index in [4.69, 9.17) is 28.5 Å². The number of hydrogen-bond acceptors (Lipinski definition) is 7. The SMILES string of the molecule is CO/N=C(\c1ccc(OC)c(OC)c1)c1cc(OC)c(OC)c(OC)c1. The van der Waals surface area contributed by atoms with Crippen LogP contribution in [0.3, 0.4) is 0 Å². The summed E-state index contributed by atoms with van der Waals surface area (Å²) in [6.07, 6.45) is 0. The molecule has 26 heavy (non-hydrogen) atoms. The van der Waals surface area contributed by atoms with Gasteiger partial charge in [-0.15, -0.1) is 0 Å². The quantitative estimate of drug-likeness (QED) is 0.532. The minimum atomic E-state index is 0.503. The lowest BCUT2D eigenvalue weighted by Crippen LogP contribution is -2.07. The first-order chi connectivity index (χ1) is 12.6. The third-order valence-electron chi connectivity index (χ3n) is 3.78. The van der Waals surface area contributed by atoms with Crippen LogP contribution in [-0.2, 0) is 4.84 Å². The maximum Gasteiger partial charge on any atom is 0.203 e. The lowest BCUT2D eigenvalue weighted by molar-refractivity contribution is 0.214. The molecule has 0 atom stereocenters. The van der Waals surface area contributed by atoms with Gasteiger partial charge in [0.15, 0.2) is 23.0 Å². The van der Waals surface area contributed by atoms with Crippen molar-refractivity contribution in [3.05, 3.63) is 41.5 Å². The van der Waals surface area contributed by atoms with E-state index in [1.165, 1.54) is 7.11 Å². The maximum atomic E-state index is 5.42. The van der Waals surface area contributed by atoms with Crippen molar-refractivity contribution in [1.29, 1.82) is 0 Å². The van der Waals surface area contributed by atoms with Gasteiger partial charge in [-0.05, 0) is 30.3 Å². The zero-order valence-electron chi connectivity index (χ0n) is 15.8. The number of benzene rings is 2. The van der Waals surface area contributed by atoms with Crippen LogP contribution in [-0.4, -0.2) is 48.4 Å². The summed E-state index contributed by atoms with van der Waals surface area (Å²) >= 11 is 0. The second kappa shape index (κ2) is 8.84. The Bertz CT molecular complexity index is 763. The Hall–Kier alpha value is -3.09. The van der Waals surface area contributed by atoms with E-state index in [0.717, 1.165) is 11.1 Å². The average Bonchev–Trinajstić information content (AvgIpc) is 2.70. The summed E-state index contributed by atoms with van der Waals surface area (Å²) in [6, 6.07) is 9.09. The molecule has 0 aliphatic heterocycles. The van der Waals surface area contributed by atoms with Gasteiger partial charge in [0.25, 0.3) is 0 Å². The van der Waals surface area contributed by atoms with Crippen LogP contribution in [0.5, 0.6) is 28.7 Å². The molecule has 7 nitrogen and oxygen atoms in total. The normalized spacial score (nSPS) is 10.9. The van der Waals surface area contributed by atoms with E-state index in [9.17, 15) is 0 Å². The van der Waals surface area contributed by atoms with E-state index in [-0.39, 0.29) is 0 Å². The highest BCUT2D eigenvalue weighted by Crippen LogP contribution is 2.39. The number of ether oxygens (including phenoxy) is 5. The molecular formula is C19H23NO6. The monoisotopic (exact) mass is 361 g/mol. The fraction of sp³-hybridized carbons (Fsp3) is 0.316. The van der Waals surface area contributed by atoms with E-state index in [1.54, 1.807) is 53.7 Å². The fourth-order valence-corrected chi connectivity index (χ4v) is 2.56. The van der Waals surface area contributed by atoms with Crippen molar-refractivity contribution in [3.8, 4) is 28.7 Å². The number of nitrogens with zero attached hydrogens (tertiary/aromatic N) is 1. The summed E-state index contributed by atoms with van der Waals surface area (Å²) in [4.78, 5) is 5.05. The number of rotatable bonds is 8. The molecule has 0 bridgehead atoms. The van der Waals surface area contributed by atoms with Gasteiger partial charge in [0.05, 0.1) is 35.5 Å². The lowest BCUT2D eigenvalue weighted by atomic mass is 10.0. The zero-order valence-corrected chi connectivity index (χ0v) is 15.8. The molecule has 0 unspecified atom stereocenters. The Morgan fingerprint density at radius 1 is 0.615 bits per heavy atom. The van der Waals surface area contributed by atoms with Crippen molar-refractivity contribution < 1.29 is 28.5 Å². The molecular weight excluding hydrogens is 338 g/mol. The smallest absolute Gasteiger partial charge is 0.203 e. The van der Waals surface area contributed by atoms with Crippen LogP contribution in [0.25, 0.3) is 0 Å². The van der Waals surface area contributed by atoms with Crippen molar-refractivity contribution in [2.45, 2.75) is 0 Å². The van der Waals surface area contributed by atoms with Gasteiger partial charge in [-0.25, -0.2) is 0 Å². The highest BCUT2D eigenvalue weighted by molar-refractivity contribution is 6.13. The van der Waals surface area contributed by atoms with Crippen molar-refractivity contribution in [2.75, 3.05) is 42.7 Å². The predicted molar refractivity (Wildman–Crippen MR) is 98.3 cm³/mol. The molecule has 0 heterocycles. The zero-order chi connectivity index (χ0) is 19.1. The molecule has 0 radical (unpaired) electrons. The predicted octanol–water partition coefficient (Wildman–Crippen LogP) is 3.13. The van der Waals surface area contributed by atoms with Gasteiger partial charge >= 0.3 is 0 Å². The molecule has 7 heteroatoms. The van der Waals surface area contributed by atoms with Crippen LogP contribution in [0.15, 0.2) is 35.5 Å². The van der Waals surface area contributed by atoms with Crippen LogP contribution in [0.1, 0.15) is 11.1 Å². The summed E-state index contributed by atoms with van der Waals surface area (Å²) in [5.41, 5.74) is 2.08. The van der Waals surface area contributed by atoms with Crippen molar-refractivity contribution in [3.63, 3.8) is 0 Å². The van der Waals surface area contributed by atoms with Crippen LogP contribution >= 0.6 is 0 Å². The van der Waals surface area contributed by atoms with Crippen LogP contribution in [0, 0.1) is 0 Å². The third kappa shape index (κ3) is 3.77. The molecule has 0 saturated heterocycles. The third-order valence-corrected chi connectivity index (χ3v) is 3.78. The Kier molecular flexibility index (Phi) is 6.54. The van der Waals surface area contributed by atoms with Gasteiger partial charge in [0, 0.05) is 11.1 Å². The molecule has 0 fully saturated rings. The molecule has 0 aliphatic rings. The fourth-order valence-electron chi connectivity index (χ4n) is 2.56. The van der Waals surface area contributed by atoms with E-state index in [2.05, 4.69) is 5.16 Å². The van der Waals surface area contributed by atoms with Gasteiger partial charge in [0.2, 0.25) is 5.75 Å². The Morgan fingerprint density at radius 2 is 1.15 bits per heavy atom. The largest absolute Gasteiger partial charge is 0.493 e. The van der Waals surface area contributed by atoms with Crippen LogP contribution in [0.2, 0.25) is 0 Å². The highest BCUT2D eigenvalue weighted by Gasteiger charge is 2.19. The van der Waals surface area contributed by atoms with E-state index in [0.29, 0.717) is 34.5 Å². The first-order valence-corrected chi connectivity index (χ1v) is 7.77. The van der Waals surface area contributed by atoms with Gasteiger partial charge < -0.3 is 28.5 Å². The second-order valence-electron chi connectivity index (χ2n) is 5.11. The van der Waals surface area contributed by atoms with Gasteiger partial charge in [0.1, 0.15) is 12.8 Å². The molecule has 140 valence electrons. The summed E-state index contributed by atoms with van der Waals surface area (Å²) in [5, 5.41) is 4.17. The molecule has 2 aromatic carbocycles. The number of hydrogen-bond donors (Lipinski definition) is 0. The molecule has 2 aromatic rings. The maximum absolute atomic E-state index is 5.42. The lowest BCUT2D eigenvalue weighted by Gasteiger charge is -2.16. The minimum absolute atomic E-state index is 0.503. The molecule has 0 aliphatic carbocycles.